The van der Waals surface area contributed by atoms with Crippen LogP contribution in [0.1, 0.15) is 21.9 Å². The maximum absolute atomic E-state index is 12.3. The van der Waals surface area contributed by atoms with Crippen LogP contribution in [-0.2, 0) is 11.3 Å². The quantitative estimate of drug-likeness (QED) is 0.200. The number of nitro benzene ring substituents is 2. The van der Waals surface area contributed by atoms with Gasteiger partial charge in [0.25, 0.3) is 11.4 Å². The average Bonchev–Trinajstić information content (AvgIpc) is 3.47. The van der Waals surface area contributed by atoms with Gasteiger partial charge in [0.05, 0.1) is 9.85 Å². The lowest BCUT2D eigenvalue weighted by atomic mass is 10.1. The van der Waals surface area contributed by atoms with Crippen LogP contribution in [-0.4, -0.2) is 15.8 Å². The number of nitrogens with zero attached hydrogens (tertiary/aromatic N) is 2. The molecule has 0 atom stereocenters. The lowest BCUT2D eigenvalue weighted by molar-refractivity contribution is -0.385. The van der Waals surface area contributed by atoms with Crippen LogP contribution >= 0.6 is 0 Å². The number of rotatable bonds is 7. The van der Waals surface area contributed by atoms with E-state index in [1.54, 1.807) is 31.2 Å². The maximum Gasteiger partial charge on any atom is 0.374 e. The van der Waals surface area contributed by atoms with E-state index in [9.17, 15) is 25.0 Å². The predicted molar refractivity (Wildman–Crippen MR) is 115 cm³/mol. The Balaban J connectivity index is 1.42. The van der Waals surface area contributed by atoms with Gasteiger partial charge in [0.15, 0.2) is 0 Å². The summed E-state index contributed by atoms with van der Waals surface area (Å²) in [6.45, 7) is 1.58. The summed E-state index contributed by atoms with van der Waals surface area (Å²) in [6, 6.07) is 16.6. The fourth-order valence-corrected chi connectivity index (χ4v) is 3.22. The number of non-ortho nitro benzene ring substituents is 2. The second-order valence-electron chi connectivity index (χ2n) is 7.07. The second kappa shape index (κ2) is 8.79. The van der Waals surface area contributed by atoms with Crippen molar-refractivity contribution in [1.82, 2.24) is 0 Å². The standard InChI is InChI=1S/C23H16N2O8/c1-14-11-17(25(29)30)5-7-19(14)21-8-6-18(32-21)13-31-23(26)22-10-9-20(33-22)15-3-2-4-16(12-15)24(27)28/h2-12H,13H2,1H3. The molecule has 4 aromatic rings. The number of carbonyl (C=O) groups is 1. The lowest BCUT2D eigenvalue weighted by Crippen LogP contribution is -2.03. The molecule has 0 aliphatic heterocycles. The summed E-state index contributed by atoms with van der Waals surface area (Å²) >= 11 is 0. The van der Waals surface area contributed by atoms with Crippen molar-refractivity contribution in [3.8, 4) is 22.6 Å². The zero-order chi connectivity index (χ0) is 23.5. The highest BCUT2D eigenvalue weighted by molar-refractivity contribution is 5.87. The summed E-state index contributed by atoms with van der Waals surface area (Å²) in [5, 5.41) is 21.8. The SMILES string of the molecule is Cc1cc([N+](=O)[O-])ccc1-c1ccc(COC(=O)c2ccc(-c3cccc([N+](=O)[O-])c3)o2)o1. The van der Waals surface area contributed by atoms with Gasteiger partial charge in [0, 0.05) is 35.4 Å². The molecule has 0 aliphatic carbocycles. The Labute approximate surface area is 186 Å². The van der Waals surface area contributed by atoms with Crippen LogP contribution in [0.2, 0.25) is 0 Å². The van der Waals surface area contributed by atoms with Gasteiger partial charge >= 0.3 is 5.97 Å². The highest BCUT2D eigenvalue weighted by Gasteiger charge is 2.17. The lowest BCUT2D eigenvalue weighted by Gasteiger charge is -2.03. The van der Waals surface area contributed by atoms with Crippen LogP contribution in [0.3, 0.4) is 0 Å². The number of furan rings is 2. The van der Waals surface area contributed by atoms with Crippen molar-refractivity contribution < 1.29 is 28.2 Å². The largest absolute Gasteiger partial charge is 0.457 e. The van der Waals surface area contributed by atoms with E-state index in [4.69, 9.17) is 13.6 Å². The van der Waals surface area contributed by atoms with Gasteiger partial charge in [-0.3, -0.25) is 20.2 Å². The Morgan fingerprint density at radius 1 is 0.879 bits per heavy atom. The van der Waals surface area contributed by atoms with Crippen molar-refractivity contribution in [2.24, 2.45) is 0 Å². The molecule has 33 heavy (non-hydrogen) atoms. The van der Waals surface area contributed by atoms with Gasteiger partial charge in [-0.05, 0) is 42.8 Å². The zero-order valence-corrected chi connectivity index (χ0v) is 17.2. The third-order valence-corrected chi connectivity index (χ3v) is 4.84. The van der Waals surface area contributed by atoms with Crippen molar-refractivity contribution in [3.63, 3.8) is 0 Å². The molecule has 2 aromatic carbocycles. The molecule has 0 fully saturated rings. The van der Waals surface area contributed by atoms with E-state index < -0.39 is 15.8 Å². The maximum atomic E-state index is 12.3. The van der Waals surface area contributed by atoms with Crippen LogP contribution in [0.5, 0.6) is 0 Å². The number of nitro groups is 2. The van der Waals surface area contributed by atoms with Gasteiger partial charge in [0.1, 0.15) is 23.9 Å². The Bertz CT molecular complexity index is 1370. The molecule has 0 amide bonds. The number of aryl methyl sites for hydroxylation is 1. The van der Waals surface area contributed by atoms with Gasteiger partial charge in [-0.15, -0.1) is 0 Å². The molecule has 0 saturated carbocycles. The topological polar surface area (TPSA) is 139 Å². The number of ether oxygens (including phenoxy) is 1. The number of hydrogen-bond acceptors (Lipinski definition) is 8. The zero-order valence-electron chi connectivity index (χ0n) is 17.2. The summed E-state index contributed by atoms with van der Waals surface area (Å²) in [6.07, 6.45) is 0. The summed E-state index contributed by atoms with van der Waals surface area (Å²) < 4.78 is 16.4. The second-order valence-corrected chi connectivity index (χ2v) is 7.07. The molecule has 0 saturated heterocycles. The van der Waals surface area contributed by atoms with E-state index in [0.29, 0.717) is 34.0 Å². The Morgan fingerprint density at radius 3 is 2.33 bits per heavy atom. The fraction of sp³-hybridized carbons (Fsp3) is 0.0870. The smallest absolute Gasteiger partial charge is 0.374 e. The third-order valence-electron chi connectivity index (χ3n) is 4.84. The van der Waals surface area contributed by atoms with Crippen LogP contribution in [0.15, 0.2) is 75.6 Å². The van der Waals surface area contributed by atoms with Crippen molar-refractivity contribution in [2.75, 3.05) is 0 Å². The molecule has 0 bridgehead atoms. The molecule has 0 unspecified atom stereocenters. The Kier molecular flexibility index (Phi) is 5.73. The van der Waals surface area contributed by atoms with Crippen LogP contribution < -0.4 is 0 Å². The van der Waals surface area contributed by atoms with Crippen LogP contribution in [0.4, 0.5) is 11.4 Å². The van der Waals surface area contributed by atoms with Crippen molar-refractivity contribution in [1.29, 1.82) is 0 Å². The molecule has 2 aromatic heterocycles. The molecule has 10 heteroatoms. The van der Waals surface area contributed by atoms with Gasteiger partial charge in [0.2, 0.25) is 5.76 Å². The highest BCUT2D eigenvalue weighted by atomic mass is 16.6. The van der Waals surface area contributed by atoms with Crippen LogP contribution in [0, 0.1) is 27.2 Å². The molecule has 0 N–H and O–H groups in total. The Hall–Kier alpha value is -4.73. The minimum Gasteiger partial charge on any atom is -0.457 e. The van der Waals surface area contributed by atoms with E-state index in [-0.39, 0.29) is 23.7 Å². The molecular formula is C23H16N2O8. The van der Waals surface area contributed by atoms with Crippen molar-refractivity contribution in [2.45, 2.75) is 13.5 Å². The molecule has 10 nitrogen and oxygen atoms in total. The van der Waals surface area contributed by atoms with Crippen LogP contribution in [0.25, 0.3) is 22.6 Å². The van der Waals surface area contributed by atoms with E-state index in [1.807, 2.05) is 0 Å². The monoisotopic (exact) mass is 448 g/mol. The molecular weight excluding hydrogens is 432 g/mol. The molecule has 0 spiro atoms. The van der Waals surface area contributed by atoms with E-state index in [2.05, 4.69) is 0 Å². The minimum absolute atomic E-state index is 0.0140. The molecule has 166 valence electrons. The fourth-order valence-electron chi connectivity index (χ4n) is 3.22. The number of carbonyl (C=O) groups excluding carboxylic acids is 1. The third kappa shape index (κ3) is 4.64. The first-order valence-electron chi connectivity index (χ1n) is 9.68. The molecule has 0 radical (unpaired) electrons. The number of benzene rings is 2. The van der Waals surface area contributed by atoms with Gasteiger partial charge < -0.3 is 13.6 Å². The molecule has 0 aliphatic rings. The highest BCUT2D eigenvalue weighted by Crippen LogP contribution is 2.29. The molecule has 2 heterocycles. The van der Waals surface area contributed by atoms with E-state index in [1.165, 1.54) is 42.5 Å². The van der Waals surface area contributed by atoms with Gasteiger partial charge in [-0.2, -0.15) is 0 Å². The first kappa shape index (κ1) is 21.5. The van der Waals surface area contributed by atoms with Gasteiger partial charge in [-0.1, -0.05) is 12.1 Å². The Morgan fingerprint density at radius 2 is 1.61 bits per heavy atom. The van der Waals surface area contributed by atoms with E-state index >= 15 is 0 Å². The minimum atomic E-state index is -0.726. The number of hydrogen-bond donors (Lipinski definition) is 0. The summed E-state index contributed by atoms with van der Waals surface area (Å²) in [5.74, 6) is 0.367. The normalized spacial score (nSPS) is 10.7. The van der Waals surface area contributed by atoms with Crippen molar-refractivity contribution in [3.05, 3.63) is 104 Å². The summed E-state index contributed by atoms with van der Waals surface area (Å²) in [5.41, 5.74) is 1.71. The summed E-state index contributed by atoms with van der Waals surface area (Å²) in [4.78, 5) is 33.2. The van der Waals surface area contributed by atoms with E-state index in [0.717, 1.165) is 0 Å². The first-order chi connectivity index (χ1) is 15.8. The number of esters is 1. The summed E-state index contributed by atoms with van der Waals surface area (Å²) in [7, 11) is 0. The predicted octanol–water partition coefficient (Wildman–Crippen LogP) is 5.69. The first-order valence-corrected chi connectivity index (χ1v) is 9.68. The van der Waals surface area contributed by atoms with Gasteiger partial charge in [-0.25, -0.2) is 4.79 Å². The molecule has 4 rings (SSSR count). The average molecular weight is 448 g/mol. The van der Waals surface area contributed by atoms with Crippen molar-refractivity contribution >= 4 is 17.3 Å².